The van der Waals surface area contributed by atoms with E-state index >= 15 is 0 Å². The van der Waals surface area contributed by atoms with Gasteiger partial charge >= 0.3 is 0 Å². The minimum Gasteiger partial charge on any atom is -0.497 e. The van der Waals surface area contributed by atoms with Crippen molar-refractivity contribution in [3.63, 3.8) is 0 Å². The Morgan fingerprint density at radius 3 is 2.38 bits per heavy atom. The predicted molar refractivity (Wildman–Crippen MR) is 124 cm³/mol. The molecule has 0 spiro atoms. The number of ether oxygens (including phenoxy) is 2. The molecule has 34 heavy (non-hydrogen) atoms. The number of methoxy groups -OCH3 is 1. The molecule has 0 aliphatic carbocycles. The second kappa shape index (κ2) is 10.5. The Hall–Kier alpha value is -3.75. The van der Waals surface area contributed by atoms with Crippen LogP contribution in [0.2, 0.25) is 0 Å². The molecule has 1 aliphatic heterocycles. The lowest BCUT2D eigenvalue weighted by Crippen LogP contribution is -2.52. The summed E-state index contributed by atoms with van der Waals surface area (Å²) in [6.45, 7) is -0.0320. The molecule has 0 aromatic heterocycles. The van der Waals surface area contributed by atoms with Gasteiger partial charge in [-0.05, 0) is 59.7 Å². The van der Waals surface area contributed by atoms with Crippen molar-refractivity contribution in [3.05, 3.63) is 95.3 Å². The third-order valence-corrected chi connectivity index (χ3v) is 5.76. The van der Waals surface area contributed by atoms with E-state index in [4.69, 9.17) is 9.47 Å². The number of rotatable bonds is 7. The summed E-state index contributed by atoms with van der Waals surface area (Å²) in [6, 6.07) is 19.1. The van der Waals surface area contributed by atoms with Gasteiger partial charge < -0.3 is 24.8 Å². The largest absolute Gasteiger partial charge is 0.497 e. The summed E-state index contributed by atoms with van der Waals surface area (Å²) >= 11 is 0. The number of hydrogen-bond donors (Lipinski definition) is 2. The third kappa shape index (κ3) is 5.24. The Kier molecular flexibility index (Phi) is 7.20. The zero-order valence-electron chi connectivity index (χ0n) is 18.6. The maximum absolute atomic E-state index is 13.1. The number of aliphatic hydroxyl groups excluding tert-OH is 1. The summed E-state index contributed by atoms with van der Waals surface area (Å²) in [6.07, 6.45) is -0.525. The molecule has 1 heterocycles. The Morgan fingerprint density at radius 2 is 1.76 bits per heavy atom. The van der Waals surface area contributed by atoms with Crippen molar-refractivity contribution in [1.82, 2.24) is 4.90 Å². The zero-order valence-corrected chi connectivity index (χ0v) is 18.6. The second-order valence-electron chi connectivity index (χ2n) is 7.93. The minimum absolute atomic E-state index is 0.0968. The molecule has 8 heteroatoms. The summed E-state index contributed by atoms with van der Waals surface area (Å²) in [5.74, 6) is -0.243. The SMILES string of the molecule is COc1ccc(CN2C(=O)CO[C@H](c3ccc(NC(=O)c4ccc(F)cc4)cc3)[C@H]2CO)cc1. The topological polar surface area (TPSA) is 88.1 Å². The lowest BCUT2D eigenvalue weighted by Gasteiger charge is -2.40. The van der Waals surface area contributed by atoms with E-state index in [1.165, 1.54) is 24.3 Å². The van der Waals surface area contributed by atoms with E-state index in [9.17, 15) is 19.1 Å². The summed E-state index contributed by atoms with van der Waals surface area (Å²) in [4.78, 5) is 26.6. The number of aliphatic hydroxyl groups is 1. The molecule has 176 valence electrons. The van der Waals surface area contributed by atoms with E-state index in [1.807, 2.05) is 24.3 Å². The first-order valence-electron chi connectivity index (χ1n) is 10.8. The number of halogens is 1. The molecule has 4 rings (SSSR count). The molecule has 0 saturated carbocycles. The van der Waals surface area contributed by atoms with Crippen molar-refractivity contribution in [2.45, 2.75) is 18.7 Å². The fraction of sp³-hybridized carbons (Fsp3) is 0.231. The number of carbonyl (C=O) groups excluding carboxylic acids is 2. The number of hydrogen-bond acceptors (Lipinski definition) is 5. The first-order valence-corrected chi connectivity index (χ1v) is 10.8. The quantitative estimate of drug-likeness (QED) is 0.559. The average Bonchev–Trinajstić information content (AvgIpc) is 2.86. The molecule has 2 amide bonds. The van der Waals surface area contributed by atoms with Crippen LogP contribution in [0.1, 0.15) is 27.6 Å². The number of morpholine rings is 1. The summed E-state index contributed by atoms with van der Waals surface area (Å²) in [7, 11) is 1.59. The van der Waals surface area contributed by atoms with Crippen LogP contribution in [0.25, 0.3) is 0 Å². The Labute approximate surface area is 196 Å². The molecule has 1 saturated heterocycles. The number of nitrogens with zero attached hydrogens (tertiary/aromatic N) is 1. The van der Waals surface area contributed by atoms with Gasteiger partial charge in [0.05, 0.1) is 19.8 Å². The normalized spacial score (nSPS) is 18.0. The van der Waals surface area contributed by atoms with Crippen LogP contribution in [0, 0.1) is 5.82 Å². The minimum atomic E-state index is -0.567. The number of amides is 2. The van der Waals surface area contributed by atoms with E-state index in [1.54, 1.807) is 36.3 Å². The van der Waals surface area contributed by atoms with Crippen LogP contribution in [-0.4, -0.2) is 48.2 Å². The summed E-state index contributed by atoms with van der Waals surface area (Å²) in [5.41, 5.74) is 2.58. The number of benzene rings is 3. The Bertz CT molecular complexity index is 1130. The van der Waals surface area contributed by atoms with E-state index in [0.29, 0.717) is 17.8 Å². The molecule has 0 radical (unpaired) electrons. The molecule has 0 bridgehead atoms. The van der Waals surface area contributed by atoms with Crippen LogP contribution in [0.5, 0.6) is 5.75 Å². The average molecular weight is 464 g/mol. The molecule has 2 atom stereocenters. The standard InChI is InChI=1S/C26H25FN2O5/c1-33-22-12-2-17(3-13-22)14-29-23(15-30)25(34-16-24(29)31)18-6-10-21(11-7-18)28-26(32)19-4-8-20(27)9-5-19/h2-13,23,25,30H,14-16H2,1H3,(H,28,32)/t23-,25-/m1/s1. The highest BCUT2D eigenvalue weighted by atomic mass is 19.1. The lowest BCUT2D eigenvalue weighted by molar-refractivity contribution is -0.162. The first kappa shape index (κ1) is 23.4. The van der Waals surface area contributed by atoms with Crippen molar-refractivity contribution in [2.24, 2.45) is 0 Å². The first-order chi connectivity index (χ1) is 16.5. The molecule has 7 nitrogen and oxygen atoms in total. The van der Waals surface area contributed by atoms with Crippen LogP contribution < -0.4 is 10.1 Å². The van der Waals surface area contributed by atoms with Gasteiger partial charge in [-0.1, -0.05) is 24.3 Å². The smallest absolute Gasteiger partial charge is 0.255 e. The van der Waals surface area contributed by atoms with E-state index in [-0.39, 0.29) is 25.0 Å². The van der Waals surface area contributed by atoms with Crippen molar-refractivity contribution in [3.8, 4) is 5.75 Å². The van der Waals surface area contributed by atoms with E-state index in [0.717, 1.165) is 16.9 Å². The van der Waals surface area contributed by atoms with Crippen LogP contribution in [0.4, 0.5) is 10.1 Å². The van der Waals surface area contributed by atoms with Gasteiger partial charge in [0.1, 0.15) is 24.3 Å². The highest BCUT2D eigenvalue weighted by molar-refractivity contribution is 6.04. The zero-order chi connectivity index (χ0) is 24.1. The van der Waals surface area contributed by atoms with Crippen LogP contribution >= 0.6 is 0 Å². The maximum Gasteiger partial charge on any atom is 0.255 e. The fourth-order valence-electron chi connectivity index (χ4n) is 3.91. The number of carbonyl (C=O) groups is 2. The molecule has 2 N–H and O–H groups in total. The molecule has 3 aromatic rings. The van der Waals surface area contributed by atoms with Gasteiger partial charge in [-0.25, -0.2) is 4.39 Å². The fourth-order valence-corrected chi connectivity index (χ4v) is 3.91. The maximum atomic E-state index is 13.1. The summed E-state index contributed by atoms with van der Waals surface area (Å²) < 4.78 is 24.0. The van der Waals surface area contributed by atoms with Gasteiger partial charge in [-0.15, -0.1) is 0 Å². The highest BCUT2D eigenvalue weighted by Crippen LogP contribution is 2.31. The second-order valence-corrected chi connectivity index (χ2v) is 7.93. The molecular weight excluding hydrogens is 439 g/mol. The van der Waals surface area contributed by atoms with Crippen molar-refractivity contribution in [1.29, 1.82) is 0 Å². The van der Waals surface area contributed by atoms with Crippen LogP contribution in [-0.2, 0) is 16.1 Å². The Balaban J connectivity index is 1.47. The van der Waals surface area contributed by atoms with Crippen molar-refractivity contribution >= 4 is 17.5 Å². The van der Waals surface area contributed by atoms with Gasteiger partial charge in [0.25, 0.3) is 5.91 Å². The highest BCUT2D eigenvalue weighted by Gasteiger charge is 2.37. The molecule has 3 aromatic carbocycles. The van der Waals surface area contributed by atoms with Gasteiger partial charge in [-0.2, -0.15) is 0 Å². The number of anilines is 1. The molecule has 1 fully saturated rings. The van der Waals surface area contributed by atoms with Crippen molar-refractivity contribution in [2.75, 3.05) is 25.6 Å². The molecule has 1 aliphatic rings. The number of nitrogens with one attached hydrogen (secondary N) is 1. The van der Waals surface area contributed by atoms with Gasteiger partial charge in [0.2, 0.25) is 5.91 Å². The predicted octanol–water partition coefficient (Wildman–Crippen LogP) is 3.55. The molecule has 0 unspecified atom stereocenters. The monoisotopic (exact) mass is 464 g/mol. The van der Waals surface area contributed by atoms with Gasteiger partial charge in [0, 0.05) is 17.8 Å². The van der Waals surface area contributed by atoms with Crippen LogP contribution in [0.15, 0.2) is 72.8 Å². The lowest BCUT2D eigenvalue weighted by atomic mass is 9.98. The van der Waals surface area contributed by atoms with Crippen molar-refractivity contribution < 1.29 is 28.6 Å². The molecular formula is C26H25FN2O5. The van der Waals surface area contributed by atoms with Gasteiger partial charge in [-0.3, -0.25) is 9.59 Å². The Morgan fingerprint density at radius 1 is 1.09 bits per heavy atom. The third-order valence-electron chi connectivity index (χ3n) is 5.76. The summed E-state index contributed by atoms with van der Waals surface area (Å²) in [5, 5.41) is 12.9. The van der Waals surface area contributed by atoms with Gasteiger partial charge in [0.15, 0.2) is 0 Å². The van der Waals surface area contributed by atoms with E-state index < -0.39 is 18.0 Å². The van der Waals surface area contributed by atoms with Crippen LogP contribution in [0.3, 0.4) is 0 Å². The van der Waals surface area contributed by atoms with E-state index in [2.05, 4.69) is 5.32 Å².